The topological polar surface area (TPSA) is 71.2 Å². The molecule has 1 heterocycles. The van der Waals surface area contributed by atoms with Crippen LogP contribution < -0.4 is 0 Å². The lowest BCUT2D eigenvalue weighted by Gasteiger charge is -2.20. The van der Waals surface area contributed by atoms with Crippen molar-refractivity contribution >= 4 is 5.91 Å². The van der Waals surface area contributed by atoms with Crippen LogP contribution in [0.5, 0.6) is 0 Å². The summed E-state index contributed by atoms with van der Waals surface area (Å²) in [6, 6.07) is 17.5. The van der Waals surface area contributed by atoms with Gasteiger partial charge >= 0.3 is 0 Å². The van der Waals surface area contributed by atoms with Crippen LogP contribution in [0.3, 0.4) is 0 Å². The van der Waals surface area contributed by atoms with Crippen molar-refractivity contribution in [3.63, 3.8) is 0 Å². The van der Waals surface area contributed by atoms with Gasteiger partial charge in [0.2, 0.25) is 0 Å². The number of carbonyl (C=O) groups excluding carboxylic acids is 1. The summed E-state index contributed by atoms with van der Waals surface area (Å²) in [6.45, 7) is 2.56. The van der Waals surface area contributed by atoms with Gasteiger partial charge in [-0.1, -0.05) is 53.2 Å². The van der Waals surface area contributed by atoms with Crippen LogP contribution in [0.25, 0.3) is 5.69 Å². The highest BCUT2D eigenvalue weighted by Crippen LogP contribution is 2.11. The summed E-state index contributed by atoms with van der Waals surface area (Å²) in [4.78, 5) is 14.3. The second-order valence-corrected chi connectivity index (χ2v) is 5.82. The van der Waals surface area contributed by atoms with Gasteiger partial charge in [-0.25, -0.2) is 4.68 Å². The molecule has 0 fully saturated rings. The van der Waals surface area contributed by atoms with E-state index in [4.69, 9.17) is 0 Å². The summed E-state index contributed by atoms with van der Waals surface area (Å²) in [6.07, 6.45) is 1.61. The molecule has 25 heavy (non-hydrogen) atoms. The summed E-state index contributed by atoms with van der Waals surface area (Å²) in [7, 11) is 0. The summed E-state index contributed by atoms with van der Waals surface area (Å²) >= 11 is 0. The van der Waals surface area contributed by atoms with E-state index in [0.29, 0.717) is 6.54 Å². The smallest absolute Gasteiger partial charge is 0.276 e. The third-order valence-electron chi connectivity index (χ3n) is 3.88. The molecule has 1 amide bonds. The number of aliphatic hydroxyl groups is 1. The Hall–Kier alpha value is -2.99. The third kappa shape index (κ3) is 4.10. The van der Waals surface area contributed by atoms with Crippen molar-refractivity contribution in [2.75, 3.05) is 13.2 Å². The number of rotatable bonds is 6. The molecular weight excluding hydrogens is 316 g/mol. The number of carbonyl (C=O) groups is 1. The first-order chi connectivity index (χ1) is 12.2. The highest BCUT2D eigenvalue weighted by atomic mass is 16.3. The van der Waals surface area contributed by atoms with Crippen LogP contribution in [0.1, 0.15) is 21.6 Å². The largest absolute Gasteiger partial charge is 0.395 e. The average molecular weight is 336 g/mol. The molecule has 0 aliphatic carbocycles. The second kappa shape index (κ2) is 7.72. The van der Waals surface area contributed by atoms with Crippen molar-refractivity contribution in [3.8, 4) is 5.69 Å². The van der Waals surface area contributed by atoms with Gasteiger partial charge in [0.1, 0.15) is 0 Å². The molecule has 0 saturated heterocycles. The first kappa shape index (κ1) is 16.9. The van der Waals surface area contributed by atoms with E-state index >= 15 is 0 Å². The van der Waals surface area contributed by atoms with Gasteiger partial charge in [0.05, 0.1) is 18.5 Å². The van der Waals surface area contributed by atoms with Crippen molar-refractivity contribution in [2.24, 2.45) is 0 Å². The molecule has 3 aromatic rings. The van der Waals surface area contributed by atoms with Gasteiger partial charge in [0, 0.05) is 13.1 Å². The Kier molecular flexibility index (Phi) is 5.20. The van der Waals surface area contributed by atoms with Crippen LogP contribution in [-0.4, -0.2) is 44.1 Å². The van der Waals surface area contributed by atoms with Crippen LogP contribution in [0.2, 0.25) is 0 Å². The Labute approximate surface area is 146 Å². The van der Waals surface area contributed by atoms with Crippen molar-refractivity contribution in [2.45, 2.75) is 13.5 Å². The molecule has 6 heteroatoms. The number of hydrogen-bond donors (Lipinski definition) is 1. The highest BCUT2D eigenvalue weighted by molar-refractivity contribution is 5.92. The maximum Gasteiger partial charge on any atom is 0.276 e. The molecule has 3 rings (SSSR count). The number of aryl methyl sites for hydroxylation is 1. The van der Waals surface area contributed by atoms with E-state index in [1.54, 1.807) is 15.8 Å². The molecule has 0 saturated carbocycles. The van der Waals surface area contributed by atoms with Gasteiger partial charge in [-0.15, -0.1) is 5.10 Å². The van der Waals surface area contributed by atoms with E-state index in [9.17, 15) is 9.90 Å². The number of nitrogens with zero attached hydrogens (tertiary/aromatic N) is 4. The first-order valence-corrected chi connectivity index (χ1v) is 8.11. The van der Waals surface area contributed by atoms with Crippen molar-refractivity contribution in [3.05, 3.63) is 77.6 Å². The fourth-order valence-electron chi connectivity index (χ4n) is 2.52. The van der Waals surface area contributed by atoms with Crippen LogP contribution in [0.15, 0.2) is 60.8 Å². The lowest BCUT2D eigenvalue weighted by atomic mass is 10.2. The van der Waals surface area contributed by atoms with Crippen molar-refractivity contribution in [1.82, 2.24) is 19.9 Å². The molecule has 1 aromatic heterocycles. The lowest BCUT2D eigenvalue weighted by Crippen LogP contribution is -2.33. The fourth-order valence-corrected chi connectivity index (χ4v) is 2.52. The number of aromatic nitrogens is 3. The predicted molar refractivity (Wildman–Crippen MR) is 94.4 cm³/mol. The average Bonchev–Trinajstić information content (AvgIpc) is 3.12. The van der Waals surface area contributed by atoms with Crippen LogP contribution >= 0.6 is 0 Å². The van der Waals surface area contributed by atoms with E-state index in [-0.39, 0.29) is 24.8 Å². The predicted octanol–water partition coefficient (Wildman–Crippen LogP) is 2.21. The van der Waals surface area contributed by atoms with Gasteiger partial charge < -0.3 is 10.0 Å². The highest BCUT2D eigenvalue weighted by Gasteiger charge is 2.19. The Morgan fingerprint density at radius 2 is 1.84 bits per heavy atom. The Bertz CT molecular complexity index is 828. The van der Waals surface area contributed by atoms with Gasteiger partial charge in [0.15, 0.2) is 5.69 Å². The Morgan fingerprint density at radius 3 is 2.52 bits per heavy atom. The fraction of sp³-hybridized carbons (Fsp3) is 0.211. The van der Waals surface area contributed by atoms with E-state index in [1.807, 2.05) is 61.5 Å². The quantitative estimate of drug-likeness (QED) is 0.749. The molecule has 0 radical (unpaired) electrons. The summed E-state index contributed by atoms with van der Waals surface area (Å²) in [5.41, 5.74) is 3.24. The lowest BCUT2D eigenvalue weighted by molar-refractivity contribution is 0.0702. The number of hydrogen-bond acceptors (Lipinski definition) is 4. The molecule has 0 aliphatic rings. The maximum absolute atomic E-state index is 12.7. The van der Waals surface area contributed by atoms with E-state index in [0.717, 1.165) is 16.8 Å². The molecule has 128 valence electrons. The normalized spacial score (nSPS) is 10.6. The minimum absolute atomic E-state index is 0.106. The molecule has 0 aliphatic heterocycles. The summed E-state index contributed by atoms with van der Waals surface area (Å²) < 4.78 is 1.58. The van der Waals surface area contributed by atoms with E-state index < -0.39 is 0 Å². The molecule has 0 atom stereocenters. The third-order valence-corrected chi connectivity index (χ3v) is 3.88. The van der Waals surface area contributed by atoms with Gasteiger partial charge in [-0.05, 0) is 24.6 Å². The number of aliphatic hydroxyl groups excluding tert-OH is 1. The standard InChI is InChI=1S/C19H20N4O2/c1-15-7-9-17(10-8-15)23-14-18(20-21-23)19(25)22(11-12-24)13-16-5-3-2-4-6-16/h2-10,14,24H,11-13H2,1H3. The van der Waals surface area contributed by atoms with Gasteiger partial charge in [0.25, 0.3) is 5.91 Å². The summed E-state index contributed by atoms with van der Waals surface area (Å²) in [5.74, 6) is -0.253. The van der Waals surface area contributed by atoms with Gasteiger partial charge in [-0.2, -0.15) is 0 Å². The minimum atomic E-state index is -0.253. The zero-order chi connectivity index (χ0) is 17.6. The Morgan fingerprint density at radius 1 is 1.12 bits per heavy atom. The minimum Gasteiger partial charge on any atom is -0.395 e. The van der Waals surface area contributed by atoms with Crippen molar-refractivity contribution in [1.29, 1.82) is 0 Å². The SMILES string of the molecule is Cc1ccc(-n2cc(C(=O)N(CCO)Cc3ccccc3)nn2)cc1. The molecule has 2 aromatic carbocycles. The molecule has 0 spiro atoms. The molecular formula is C19H20N4O2. The molecule has 0 bridgehead atoms. The van der Waals surface area contributed by atoms with Crippen LogP contribution in [0.4, 0.5) is 0 Å². The number of benzene rings is 2. The van der Waals surface area contributed by atoms with Crippen LogP contribution in [0, 0.1) is 6.92 Å². The van der Waals surface area contributed by atoms with E-state index in [1.165, 1.54) is 0 Å². The summed E-state index contributed by atoms with van der Waals surface area (Å²) in [5, 5.41) is 17.3. The maximum atomic E-state index is 12.7. The molecule has 0 unspecified atom stereocenters. The van der Waals surface area contributed by atoms with Gasteiger partial charge in [-0.3, -0.25) is 4.79 Å². The Balaban J connectivity index is 1.79. The van der Waals surface area contributed by atoms with Crippen LogP contribution in [-0.2, 0) is 6.54 Å². The van der Waals surface area contributed by atoms with E-state index in [2.05, 4.69) is 10.3 Å². The second-order valence-electron chi connectivity index (χ2n) is 5.82. The number of amides is 1. The van der Waals surface area contributed by atoms with Crippen molar-refractivity contribution < 1.29 is 9.90 Å². The zero-order valence-electron chi connectivity index (χ0n) is 14.0. The molecule has 1 N–H and O–H groups in total. The monoisotopic (exact) mass is 336 g/mol. The molecule has 6 nitrogen and oxygen atoms in total. The zero-order valence-corrected chi connectivity index (χ0v) is 14.0. The first-order valence-electron chi connectivity index (χ1n) is 8.11.